The van der Waals surface area contributed by atoms with Crippen molar-refractivity contribution in [2.75, 3.05) is 13.6 Å². The van der Waals surface area contributed by atoms with Gasteiger partial charge in [-0.2, -0.15) is 0 Å². The standard InChI is InChI=1S/C16H25FN2O2/c1-11(2)5-6-19-16(20)12(3)21-15-8-13(10-18-4)7-14(17)9-15/h7-9,11-12,18H,5-6,10H2,1-4H3,(H,19,20). The van der Waals surface area contributed by atoms with Gasteiger partial charge in [0.1, 0.15) is 11.6 Å². The molecule has 1 amide bonds. The van der Waals surface area contributed by atoms with E-state index in [2.05, 4.69) is 24.5 Å². The third-order valence-electron chi connectivity index (χ3n) is 3.01. The molecule has 1 aromatic carbocycles. The SMILES string of the molecule is CNCc1cc(F)cc(OC(C)C(=O)NCCC(C)C)c1. The van der Waals surface area contributed by atoms with E-state index in [1.807, 2.05) is 0 Å². The van der Waals surface area contributed by atoms with Crippen LogP contribution in [0.25, 0.3) is 0 Å². The van der Waals surface area contributed by atoms with Gasteiger partial charge in [-0.3, -0.25) is 4.79 Å². The summed E-state index contributed by atoms with van der Waals surface area (Å²) in [5.41, 5.74) is 0.778. The van der Waals surface area contributed by atoms with Crippen LogP contribution in [0.2, 0.25) is 0 Å². The molecule has 1 rings (SSSR count). The average Bonchev–Trinajstić information content (AvgIpc) is 2.37. The molecule has 1 aromatic rings. The third kappa shape index (κ3) is 6.58. The second kappa shape index (κ2) is 8.62. The van der Waals surface area contributed by atoms with E-state index in [0.717, 1.165) is 12.0 Å². The van der Waals surface area contributed by atoms with Crippen molar-refractivity contribution in [3.05, 3.63) is 29.6 Å². The molecule has 0 aliphatic rings. The summed E-state index contributed by atoms with van der Waals surface area (Å²) in [4.78, 5) is 11.9. The van der Waals surface area contributed by atoms with Crippen LogP contribution in [0.15, 0.2) is 18.2 Å². The summed E-state index contributed by atoms with van der Waals surface area (Å²) in [6.45, 7) is 7.03. The summed E-state index contributed by atoms with van der Waals surface area (Å²) in [5.74, 6) is 0.348. The molecule has 0 saturated carbocycles. The molecule has 0 radical (unpaired) electrons. The monoisotopic (exact) mass is 296 g/mol. The number of carbonyl (C=O) groups is 1. The maximum absolute atomic E-state index is 13.5. The fourth-order valence-electron chi connectivity index (χ4n) is 1.88. The number of halogens is 1. The zero-order valence-corrected chi connectivity index (χ0v) is 13.2. The van der Waals surface area contributed by atoms with Crippen molar-refractivity contribution >= 4 is 5.91 Å². The lowest BCUT2D eigenvalue weighted by Crippen LogP contribution is -2.37. The lowest BCUT2D eigenvalue weighted by Gasteiger charge is -2.16. The van der Waals surface area contributed by atoms with Crippen LogP contribution in [-0.2, 0) is 11.3 Å². The van der Waals surface area contributed by atoms with E-state index in [4.69, 9.17) is 4.74 Å². The Morgan fingerprint density at radius 3 is 2.62 bits per heavy atom. The molecule has 0 heterocycles. The molecule has 0 aromatic heterocycles. The van der Waals surface area contributed by atoms with E-state index >= 15 is 0 Å². The van der Waals surface area contributed by atoms with Crippen LogP contribution in [0.3, 0.4) is 0 Å². The van der Waals surface area contributed by atoms with Crippen molar-refractivity contribution in [3.63, 3.8) is 0 Å². The van der Waals surface area contributed by atoms with Gasteiger partial charge in [-0.15, -0.1) is 0 Å². The molecular formula is C16H25FN2O2. The zero-order chi connectivity index (χ0) is 15.8. The highest BCUT2D eigenvalue weighted by Gasteiger charge is 2.15. The fraction of sp³-hybridized carbons (Fsp3) is 0.562. The van der Waals surface area contributed by atoms with Crippen molar-refractivity contribution in [2.24, 2.45) is 5.92 Å². The largest absolute Gasteiger partial charge is 0.481 e. The zero-order valence-electron chi connectivity index (χ0n) is 13.2. The summed E-state index contributed by atoms with van der Waals surface area (Å²) < 4.78 is 19.0. The first-order valence-corrected chi connectivity index (χ1v) is 7.30. The second-order valence-electron chi connectivity index (χ2n) is 5.56. The Balaban J connectivity index is 2.57. The molecular weight excluding hydrogens is 271 g/mol. The lowest BCUT2D eigenvalue weighted by molar-refractivity contribution is -0.127. The van der Waals surface area contributed by atoms with E-state index < -0.39 is 6.10 Å². The van der Waals surface area contributed by atoms with Gasteiger partial charge in [0.25, 0.3) is 5.91 Å². The van der Waals surface area contributed by atoms with E-state index in [1.165, 1.54) is 12.1 Å². The van der Waals surface area contributed by atoms with Gasteiger partial charge < -0.3 is 15.4 Å². The van der Waals surface area contributed by atoms with Gasteiger partial charge in [-0.1, -0.05) is 13.8 Å². The van der Waals surface area contributed by atoms with Gasteiger partial charge in [-0.25, -0.2) is 4.39 Å². The molecule has 5 heteroatoms. The van der Waals surface area contributed by atoms with Crippen molar-refractivity contribution in [1.29, 1.82) is 0 Å². The van der Waals surface area contributed by atoms with E-state index in [-0.39, 0.29) is 11.7 Å². The maximum atomic E-state index is 13.5. The number of benzene rings is 1. The first-order chi connectivity index (χ1) is 9.92. The first-order valence-electron chi connectivity index (χ1n) is 7.30. The molecule has 4 nitrogen and oxygen atoms in total. The molecule has 21 heavy (non-hydrogen) atoms. The number of hydrogen-bond donors (Lipinski definition) is 2. The average molecular weight is 296 g/mol. The first kappa shape index (κ1) is 17.4. The Kier molecular flexibility index (Phi) is 7.15. The van der Waals surface area contributed by atoms with E-state index in [0.29, 0.717) is 24.8 Å². The number of ether oxygens (including phenoxy) is 1. The molecule has 118 valence electrons. The van der Waals surface area contributed by atoms with Crippen LogP contribution in [0.4, 0.5) is 4.39 Å². The lowest BCUT2D eigenvalue weighted by atomic mass is 10.1. The number of rotatable bonds is 8. The predicted octanol–water partition coefficient (Wildman–Crippen LogP) is 2.47. The second-order valence-corrected chi connectivity index (χ2v) is 5.56. The van der Waals surface area contributed by atoms with Crippen molar-refractivity contribution in [3.8, 4) is 5.75 Å². The van der Waals surface area contributed by atoms with Crippen LogP contribution in [0.5, 0.6) is 5.75 Å². The van der Waals surface area contributed by atoms with Crippen molar-refractivity contribution < 1.29 is 13.9 Å². The van der Waals surface area contributed by atoms with Gasteiger partial charge in [0.05, 0.1) is 0 Å². The fourth-order valence-corrected chi connectivity index (χ4v) is 1.88. The molecule has 0 saturated heterocycles. The summed E-state index contributed by atoms with van der Waals surface area (Å²) in [7, 11) is 1.79. The van der Waals surface area contributed by atoms with Gasteiger partial charge in [0.15, 0.2) is 6.10 Å². The molecule has 0 aliphatic heterocycles. The summed E-state index contributed by atoms with van der Waals surface area (Å²) in [6.07, 6.45) is 0.270. The number of carbonyl (C=O) groups excluding carboxylic acids is 1. The minimum atomic E-state index is -0.651. The highest BCUT2D eigenvalue weighted by molar-refractivity contribution is 5.80. The highest BCUT2D eigenvalue weighted by Crippen LogP contribution is 2.18. The van der Waals surface area contributed by atoms with E-state index in [1.54, 1.807) is 20.0 Å². The predicted molar refractivity (Wildman–Crippen MR) is 81.7 cm³/mol. The minimum absolute atomic E-state index is 0.185. The van der Waals surface area contributed by atoms with Crippen LogP contribution in [0, 0.1) is 11.7 Å². The van der Waals surface area contributed by atoms with Crippen molar-refractivity contribution in [1.82, 2.24) is 10.6 Å². The van der Waals surface area contributed by atoms with Crippen LogP contribution < -0.4 is 15.4 Å². The number of hydrogen-bond acceptors (Lipinski definition) is 3. The van der Waals surface area contributed by atoms with Gasteiger partial charge in [0.2, 0.25) is 0 Å². The van der Waals surface area contributed by atoms with Crippen LogP contribution >= 0.6 is 0 Å². The Morgan fingerprint density at radius 2 is 2.00 bits per heavy atom. The molecule has 2 N–H and O–H groups in total. The molecule has 0 bridgehead atoms. The molecule has 1 atom stereocenters. The summed E-state index contributed by atoms with van der Waals surface area (Å²) in [5, 5.41) is 5.77. The minimum Gasteiger partial charge on any atom is -0.481 e. The smallest absolute Gasteiger partial charge is 0.260 e. The van der Waals surface area contributed by atoms with Crippen molar-refractivity contribution in [2.45, 2.75) is 39.8 Å². The Morgan fingerprint density at radius 1 is 1.29 bits per heavy atom. The Hall–Kier alpha value is -1.62. The molecule has 0 fully saturated rings. The van der Waals surface area contributed by atoms with Gasteiger partial charge in [-0.05, 0) is 44.0 Å². The molecule has 1 unspecified atom stereocenters. The Bertz CT molecular complexity index is 464. The highest BCUT2D eigenvalue weighted by atomic mass is 19.1. The maximum Gasteiger partial charge on any atom is 0.260 e. The quantitative estimate of drug-likeness (QED) is 0.775. The summed E-state index contributed by atoms with van der Waals surface area (Å²) >= 11 is 0. The third-order valence-corrected chi connectivity index (χ3v) is 3.01. The van der Waals surface area contributed by atoms with Crippen LogP contribution in [0.1, 0.15) is 32.8 Å². The molecule has 0 aliphatic carbocycles. The van der Waals surface area contributed by atoms with E-state index in [9.17, 15) is 9.18 Å². The van der Waals surface area contributed by atoms with Crippen LogP contribution in [-0.4, -0.2) is 25.6 Å². The van der Waals surface area contributed by atoms with Gasteiger partial charge >= 0.3 is 0 Å². The Labute approximate surface area is 126 Å². The van der Waals surface area contributed by atoms with Gasteiger partial charge in [0, 0.05) is 19.2 Å². The normalized spacial score (nSPS) is 12.3. The number of nitrogens with one attached hydrogen (secondary N) is 2. The topological polar surface area (TPSA) is 50.4 Å². The number of amides is 1. The summed E-state index contributed by atoms with van der Waals surface area (Å²) in [6, 6.07) is 4.46. The molecule has 0 spiro atoms.